The van der Waals surface area contributed by atoms with Crippen molar-refractivity contribution < 1.29 is 14.7 Å². The Morgan fingerprint density at radius 2 is 2.25 bits per heavy atom. The first kappa shape index (κ1) is 14.9. The maximum Gasteiger partial charge on any atom is 0.303 e. The minimum absolute atomic E-state index is 0.0374. The van der Waals surface area contributed by atoms with E-state index in [2.05, 4.69) is 5.32 Å². The fourth-order valence-electron chi connectivity index (χ4n) is 2.28. The van der Waals surface area contributed by atoms with Crippen molar-refractivity contribution >= 4 is 29.3 Å². The van der Waals surface area contributed by atoms with Crippen molar-refractivity contribution in [2.45, 2.75) is 37.4 Å². The van der Waals surface area contributed by atoms with Gasteiger partial charge in [0, 0.05) is 12.1 Å². The SMILES string of the molecule is CC1(C(=O)Nc2cccc(CCC(=O)O)c2)CCCS1. The first-order valence-electron chi connectivity index (χ1n) is 6.76. The van der Waals surface area contributed by atoms with Crippen molar-refractivity contribution in [3.63, 3.8) is 0 Å². The van der Waals surface area contributed by atoms with E-state index in [1.165, 1.54) is 0 Å². The third-order valence-electron chi connectivity index (χ3n) is 3.51. The van der Waals surface area contributed by atoms with Gasteiger partial charge in [-0.25, -0.2) is 0 Å². The van der Waals surface area contributed by atoms with Gasteiger partial charge >= 0.3 is 5.97 Å². The van der Waals surface area contributed by atoms with Gasteiger partial charge in [0.25, 0.3) is 0 Å². The Kier molecular flexibility index (Phi) is 4.70. The Morgan fingerprint density at radius 3 is 2.90 bits per heavy atom. The Balaban J connectivity index is 2.00. The molecule has 1 atom stereocenters. The van der Waals surface area contributed by atoms with Crippen LogP contribution in [0.4, 0.5) is 5.69 Å². The molecular formula is C15H19NO3S. The number of amides is 1. The summed E-state index contributed by atoms with van der Waals surface area (Å²) < 4.78 is -0.336. The van der Waals surface area contributed by atoms with Crippen LogP contribution in [0.2, 0.25) is 0 Å². The number of carbonyl (C=O) groups is 2. The van der Waals surface area contributed by atoms with Crippen molar-refractivity contribution in [2.24, 2.45) is 0 Å². The van der Waals surface area contributed by atoms with Crippen LogP contribution in [0.25, 0.3) is 0 Å². The van der Waals surface area contributed by atoms with Crippen LogP contribution < -0.4 is 5.32 Å². The summed E-state index contributed by atoms with van der Waals surface area (Å²) in [6.45, 7) is 1.98. The minimum Gasteiger partial charge on any atom is -0.481 e. The number of hydrogen-bond donors (Lipinski definition) is 2. The standard InChI is InChI=1S/C15H19NO3S/c1-15(8-3-9-20-15)14(19)16-12-5-2-4-11(10-12)6-7-13(17)18/h2,4-5,10H,3,6-9H2,1H3,(H,16,19)(H,17,18). The van der Waals surface area contributed by atoms with Gasteiger partial charge in [0.2, 0.25) is 5.91 Å². The lowest BCUT2D eigenvalue weighted by atomic mass is 10.0. The summed E-state index contributed by atoms with van der Waals surface area (Å²) in [6.07, 6.45) is 2.56. The Hall–Kier alpha value is -1.49. The highest BCUT2D eigenvalue weighted by molar-refractivity contribution is 8.01. The predicted octanol–water partition coefficient (Wildman–Crippen LogP) is 2.93. The summed E-state index contributed by atoms with van der Waals surface area (Å²) in [7, 11) is 0. The number of carbonyl (C=O) groups excluding carboxylic acids is 1. The van der Waals surface area contributed by atoms with E-state index < -0.39 is 5.97 Å². The molecule has 0 saturated carbocycles. The van der Waals surface area contributed by atoms with Gasteiger partial charge in [-0.2, -0.15) is 0 Å². The number of aryl methyl sites for hydroxylation is 1. The second-order valence-corrected chi connectivity index (χ2v) is 6.83. The summed E-state index contributed by atoms with van der Waals surface area (Å²) in [5, 5.41) is 11.6. The fourth-order valence-corrected chi connectivity index (χ4v) is 3.49. The third-order valence-corrected chi connectivity index (χ3v) is 5.03. The largest absolute Gasteiger partial charge is 0.481 e. The van der Waals surface area contributed by atoms with Crippen molar-refractivity contribution in [3.05, 3.63) is 29.8 Å². The summed E-state index contributed by atoms with van der Waals surface area (Å²) in [6, 6.07) is 7.41. The molecule has 108 valence electrons. The Morgan fingerprint density at radius 1 is 1.45 bits per heavy atom. The molecule has 0 spiro atoms. The fraction of sp³-hybridized carbons (Fsp3) is 0.467. The number of nitrogens with one attached hydrogen (secondary N) is 1. The third kappa shape index (κ3) is 3.76. The van der Waals surface area contributed by atoms with Gasteiger partial charge in [-0.15, -0.1) is 11.8 Å². The topological polar surface area (TPSA) is 66.4 Å². The van der Waals surface area contributed by atoms with E-state index >= 15 is 0 Å². The molecule has 1 aromatic carbocycles. The lowest BCUT2D eigenvalue weighted by Gasteiger charge is -2.21. The van der Waals surface area contributed by atoms with Crippen LogP contribution in [0.3, 0.4) is 0 Å². The van der Waals surface area contributed by atoms with E-state index in [0.717, 1.165) is 29.8 Å². The molecule has 0 aliphatic carbocycles. The average Bonchev–Trinajstić information content (AvgIpc) is 2.85. The maximum absolute atomic E-state index is 12.3. The van der Waals surface area contributed by atoms with E-state index in [0.29, 0.717) is 6.42 Å². The molecule has 0 aromatic heterocycles. The summed E-state index contributed by atoms with van der Waals surface area (Å²) in [4.78, 5) is 22.9. The van der Waals surface area contributed by atoms with Crippen LogP contribution in [0.15, 0.2) is 24.3 Å². The molecule has 5 heteroatoms. The van der Waals surface area contributed by atoms with Crippen LogP contribution in [0.1, 0.15) is 31.7 Å². The van der Waals surface area contributed by atoms with E-state index in [-0.39, 0.29) is 17.1 Å². The van der Waals surface area contributed by atoms with E-state index in [9.17, 15) is 9.59 Å². The quantitative estimate of drug-likeness (QED) is 0.876. The van der Waals surface area contributed by atoms with Gasteiger partial charge in [-0.1, -0.05) is 12.1 Å². The average molecular weight is 293 g/mol. The number of carboxylic acid groups (broad SMARTS) is 1. The molecule has 20 heavy (non-hydrogen) atoms. The van der Waals surface area contributed by atoms with E-state index in [1.807, 2.05) is 31.2 Å². The number of anilines is 1. The summed E-state index contributed by atoms with van der Waals surface area (Å²) in [5.41, 5.74) is 1.67. The molecule has 1 heterocycles. The molecule has 4 nitrogen and oxygen atoms in total. The zero-order valence-corrected chi connectivity index (χ0v) is 12.3. The second-order valence-electron chi connectivity index (χ2n) is 5.23. The highest BCUT2D eigenvalue weighted by atomic mass is 32.2. The molecule has 1 aliphatic heterocycles. The number of hydrogen-bond acceptors (Lipinski definition) is 3. The normalized spacial score (nSPS) is 21.6. The van der Waals surface area contributed by atoms with Gasteiger partial charge < -0.3 is 10.4 Å². The van der Waals surface area contributed by atoms with Crippen molar-refractivity contribution in [3.8, 4) is 0 Å². The Labute approximate surface area is 123 Å². The molecule has 1 fully saturated rings. The first-order valence-corrected chi connectivity index (χ1v) is 7.74. The molecule has 0 radical (unpaired) electrons. The molecule has 1 amide bonds. The molecule has 1 aromatic rings. The number of benzene rings is 1. The zero-order valence-electron chi connectivity index (χ0n) is 11.5. The number of aliphatic carboxylic acids is 1. The molecule has 2 rings (SSSR count). The Bertz CT molecular complexity index is 510. The van der Waals surface area contributed by atoms with Crippen LogP contribution >= 0.6 is 11.8 Å². The van der Waals surface area contributed by atoms with Crippen LogP contribution in [0, 0.1) is 0 Å². The van der Waals surface area contributed by atoms with E-state index in [1.54, 1.807) is 11.8 Å². The first-order chi connectivity index (χ1) is 9.49. The predicted molar refractivity (Wildman–Crippen MR) is 81.1 cm³/mol. The van der Waals surface area contributed by atoms with Gasteiger partial charge in [0.05, 0.1) is 4.75 Å². The van der Waals surface area contributed by atoms with Crippen LogP contribution in [0.5, 0.6) is 0 Å². The summed E-state index contributed by atoms with van der Waals surface area (Å²) in [5.74, 6) is 0.257. The van der Waals surface area contributed by atoms with Crippen LogP contribution in [-0.4, -0.2) is 27.5 Å². The molecule has 0 bridgehead atoms. The molecule has 1 aliphatic rings. The van der Waals surface area contributed by atoms with Gasteiger partial charge in [0.15, 0.2) is 0 Å². The number of rotatable bonds is 5. The highest BCUT2D eigenvalue weighted by Gasteiger charge is 2.37. The van der Waals surface area contributed by atoms with Gasteiger partial charge in [0.1, 0.15) is 0 Å². The number of thioether (sulfide) groups is 1. The van der Waals surface area contributed by atoms with Crippen molar-refractivity contribution in [1.29, 1.82) is 0 Å². The minimum atomic E-state index is -0.811. The monoisotopic (exact) mass is 293 g/mol. The number of carboxylic acids is 1. The smallest absolute Gasteiger partial charge is 0.303 e. The summed E-state index contributed by atoms with van der Waals surface area (Å²) >= 11 is 1.70. The maximum atomic E-state index is 12.3. The van der Waals surface area contributed by atoms with Crippen LogP contribution in [-0.2, 0) is 16.0 Å². The zero-order chi connectivity index (χ0) is 14.6. The lowest BCUT2D eigenvalue weighted by Crippen LogP contribution is -2.34. The lowest BCUT2D eigenvalue weighted by molar-refractivity contribution is -0.137. The van der Waals surface area contributed by atoms with E-state index in [4.69, 9.17) is 5.11 Å². The highest BCUT2D eigenvalue weighted by Crippen LogP contribution is 2.38. The van der Waals surface area contributed by atoms with Crippen molar-refractivity contribution in [1.82, 2.24) is 0 Å². The molecular weight excluding hydrogens is 274 g/mol. The molecule has 1 saturated heterocycles. The molecule has 1 unspecified atom stereocenters. The van der Waals surface area contributed by atoms with Gasteiger partial charge in [-0.3, -0.25) is 9.59 Å². The molecule has 2 N–H and O–H groups in total. The second kappa shape index (κ2) is 6.31. The van der Waals surface area contributed by atoms with Crippen molar-refractivity contribution in [2.75, 3.05) is 11.1 Å². The van der Waals surface area contributed by atoms with Gasteiger partial charge in [-0.05, 0) is 49.6 Å².